The van der Waals surface area contributed by atoms with E-state index in [-0.39, 0.29) is 17.7 Å². The summed E-state index contributed by atoms with van der Waals surface area (Å²) >= 11 is 0. The zero-order valence-electron chi connectivity index (χ0n) is 10.7. The summed E-state index contributed by atoms with van der Waals surface area (Å²) in [5, 5.41) is 21.1. The van der Waals surface area contributed by atoms with Crippen molar-refractivity contribution in [1.82, 2.24) is 5.32 Å². The molecule has 5 nitrogen and oxygen atoms in total. The van der Waals surface area contributed by atoms with Gasteiger partial charge in [-0.2, -0.15) is 0 Å². The smallest absolute Gasteiger partial charge is 0.329 e. The van der Waals surface area contributed by atoms with Crippen molar-refractivity contribution in [2.75, 3.05) is 0 Å². The van der Waals surface area contributed by atoms with Crippen LogP contribution in [0.5, 0.6) is 5.75 Å². The van der Waals surface area contributed by atoms with E-state index in [1.807, 2.05) is 0 Å². The Morgan fingerprint density at radius 3 is 2.50 bits per heavy atom. The van der Waals surface area contributed by atoms with Gasteiger partial charge in [-0.15, -0.1) is 0 Å². The van der Waals surface area contributed by atoms with E-state index < -0.39 is 17.4 Å². The van der Waals surface area contributed by atoms with Gasteiger partial charge in [-0.1, -0.05) is 18.6 Å². The minimum absolute atomic E-state index is 0.0796. The summed E-state index contributed by atoms with van der Waals surface area (Å²) < 4.78 is 0. The van der Waals surface area contributed by atoms with E-state index >= 15 is 0 Å². The lowest BCUT2D eigenvalue weighted by Crippen LogP contribution is -2.51. The number of carboxylic acid groups (broad SMARTS) is 1. The second-order valence-corrected chi connectivity index (χ2v) is 4.47. The minimum Gasteiger partial charge on any atom is -0.507 e. The van der Waals surface area contributed by atoms with E-state index in [0.29, 0.717) is 0 Å². The first-order chi connectivity index (χ1) is 8.30. The van der Waals surface area contributed by atoms with Crippen LogP contribution in [-0.2, 0) is 4.79 Å². The molecular formula is C13H17NO4. The fourth-order valence-corrected chi connectivity index (χ4v) is 1.44. The molecule has 18 heavy (non-hydrogen) atoms. The number of nitrogens with one attached hydrogen (secondary N) is 1. The molecule has 1 amide bonds. The Balaban J connectivity index is 3.02. The normalized spacial score (nSPS) is 13.7. The van der Waals surface area contributed by atoms with Crippen molar-refractivity contribution in [1.29, 1.82) is 0 Å². The highest BCUT2D eigenvalue weighted by Crippen LogP contribution is 2.19. The third-order valence-corrected chi connectivity index (χ3v) is 2.97. The van der Waals surface area contributed by atoms with Crippen LogP contribution in [0.2, 0.25) is 0 Å². The Morgan fingerprint density at radius 2 is 2.00 bits per heavy atom. The minimum atomic E-state index is -1.34. The predicted octanol–water partition coefficient (Wildman–Crippen LogP) is 1.68. The summed E-state index contributed by atoms with van der Waals surface area (Å²) in [5.74, 6) is -1.87. The van der Waals surface area contributed by atoms with E-state index in [4.69, 9.17) is 5.11 Å². The van der Waals surface area contributed by atoms with Crippen molar-refractivity contribution < 1.29 is 19.8 Å². The van der Waals surface area contributed by atoms with Crippen molar-refractivity contribution in [3.05, 3.63) is 29.3 Å². The Labute approximate surface area is 105 Å². The SMILES string of the molecule is CCC(C)(NC(=O)c1cc(C)ccc1O)C(=O)O. The zero-order valence-corrected chi connectivity index (χ0v) is 10.7. The molecule has 5 heteroatoms. The van der Waals surface area contributed by atoms with Crippen molar-refractivity contribution in [2.45, 2.75) is 32.7 Å². The first-order valence-electron chi connectivity index (χ1n) is 5.65. The summed E-state index contributed by atoms with van der Waals surface area (Å²) in [6.45, 7) is 4.89. The topological polar surface area (TPSA) is 86.6 Å². The van der Waals surface area contributed by atoms with Crippen LogP contribution >= 0.6 is 0 Å². The van der Waals surface area contributed by atoms with Gasteiger partial charge in [-0.05, 0) is 32.4 Å². The maximum Gasteiger partial charge on any atom is 0.329 e. The van der Waals surface area contributed by atoms with Crippen molar-refractivity contribution in [2.24, 2.45) is 0 Å². The Kier molecular flexibility index (Phi) is 3.96. The number of hydrogen-bond acceptors (Lipinski definition) is 3. The van der Waals surface area contributed by atoms with Crippen LogP contribution in [0.1, 0.15) is 36.2 Å². The molecule has 0 aliphatic carbocycles. The van der Waals surface area contributed by atoms with Crippen LogP contribution in [0, 0.1) is 6.92 Å². The second kappa shape index (κ2) is 5.08. The van der Waals surface area contributed by atoms with E-state index in [9.17, 15) is 14.7 Å². The maximum absolute atomic E-state index is 12.0. The molecule has 0 spiro atoms. The van der Waals surface area contributed by atoms with E-state index in [1.165, 1.54) is 19.1 Å². The number of benzene rings is 1. The van der Waals surface area contributed by atoms with Gasteiger partial charge in [0.15, 0.2) is 0 Å². The van der Waals surface area contributed by atoms with Gasteiger partial charge in [0.25, 0.3) is 5.91 Å². The molecule has 0 aliphatic rings. The zero-order chi connectivity index (χ0) is 13.9. The summed E-state index contributed by atoms with van der Waals surface area (Å²) in [6, 6.07) is 4.60. The molecule has 1 rings (SSSR count). The van der Waals surface area contributed by atoms with E-state index in [0.717, 1.165) is 5.56 Å². The molecule has 0 aliphatic heterocycles. The van der Waals surface area contributed by atoms with Gasteiger partial charge in [0.1, 0.15) is 11.3 Å². The molecule has 1 unspecified atom stereocenters. The van der Waals surface area contributed by atoms with Gasteiger partial charge < -0.3 is 15.5 Å². The van der Waals surface area contributed by atoms with Gasteiger partial charge in [-0.3, -0.25) is 4.79 Å². The molecule has 0 saturated heterocycles. The van der Waals surface area contributed by atoms with Crippen molar-refractivity contribution in [3.63, 3.8) is 0 Å². The number of aryl methyl sites for hydroxylation is 1. The monoisotopic (exact) mass is 251 g/mol. The highest BCUT2D eigenvalue weighted by Gasteiger charge is 2.33. The molecule has 0 radical (unpaired) electrons. The first-order valence-corrected chi connectivity index (χ1v) is 5.65. The second-order valence-electron chi connectivity index (χ2n) is 4.47. The molecule has 1 aromatic carbocycles. The maximum atomic E-state index is 12.0. The number of aromatic hydroxyl groups is 1. The van der Waals surface area contributed by atoms with E-state index in [2.05, 4.69) is 5.32 Å². The van der Waals surface area contributed by atoms with Crippen LogP contribution in [0.4, 0.5) is 0 Å². The van der Waals surface area contributed by atoms with Crippen LogP contribution < -0.4 is 5.32 Å². The van der Waals surface area contributed by atoms with Gasteiger partial charge in [-0.25, -0.2) is 4.79 Å². The summed E-state index contributed by atoms with van der Waals surface area (Å²) in [4.78, 5) is 23.1. The Morgan fingerprint density at radius 1 is 1.39 bits per heavy atom. The van der Waals surface area contributed by atoms with E-state index in [1.54, 1.807) is 19.9 Å². The highest BCUT2D eigenvalue weighted by atomic mass is 16.4. The van der Waals surface area contributed by atoms with Gasteiger partial charge in [0.05, 0.1) is 5.56 Å². The fourth-order valence-electron chi connectivity index (χ4n) is 1.44. The standard InChI is InChI=1S/C13H17NO4/c1-4-13(3,12(17)18)14-11(16)9-7-8(2)5-6-10(9)15/h5-7,15H,4H2,1-3H3,(H,14,16)(H,17,18). The number of hydrogen-bond donors (Lipinski definition) is 3. The number of phenols is 1. The number of carbonyl (C=O) groups excluding carboxylic acids is 1. The lowest BCUT2D eigenvalue weighted by atomic mass is 9.98. The first kappa shape index (κ1) is 14.0. The molecule has 1 aromatic rings. The number of rotatable bonds is 4. The Bertz CT molecular complexity index is 484. The molecule has 0 bridgehead atoms. The van der Waals surface area contributed by atoms with Crippen molar-refractivity contribution >= 4 is 11.9 Å². The number of phenolic OH excluding ortho intramolecular Hbond substituents is 1. The molecule has 0 saturated carbocycles. The van der Waals surface area contributed by atoms with Gasteiger partial charge in [0, 0.05) is 0 Å². The third kappa shape index (κ3) is 2.80. The molecule has 0 aromatic heterocycles. The third-order valence-electron chi connectivity index (χ3n) is 2.97. The molecule has 98 valence electrons. The summed E-state index contributed by atoms with van der Waals surface area (Å²) in [6.07, 6.45) is 0.251. The molecule has 1 atom stereocenters. The Hall–Kier alpha value is -2.04. The number of aliphatic carboxylic acids is 1. The van der Waals surface area contributed by atoms with Crippen LogP contribution in [-0.4, -0.2) is 27.6 Å². The fraction of sp³-hybridized carbons (Fsp3) is 0.385. The lowest BCUT2D eigenvalue weighted by Gasteiger charge is -2.24. The lowest BCUT2D eigenvalue weighted by molar-refractivity contribution is -0.143. The van der Waals surface area contributed by atoms with Gasteiger partial charge in [0.2, 0.25) is 0 Å². The molecule has 0 heterocycles. The number of amides is 1. The highest BCUT2D eigenvalue weighted by molar-refractivity contribution is 5.99. The predicted molar refractivity (Wildman–Crippen MR) is 66.6 cm³/mol. The van der Waals surface area contributed by atoms with Gasteiger partial charge >= 0.3 is 5.97 Å². The van der Waals surface area contributed by atoms with Crippen molar-refractivity contribution in [3.8, 4) is 5.75 Å². The quantitative estimate of drug-likeness (QED) is 0.760. The molecule has 0 fully saturated rings. The van der Waals surface area contributed by atoms with Crippen LogP contribution in [0.3, 0.4) is 0 Å². The number of carbonyl (C=O) groups is 2. The average molecular weight is 251 g/mol. The average Bonchev–Trinajstić information content (AvgIpc) is 2.31. The summed E-state index contributed by atoms with van der Waals surface area (Å²) in [5.41, 5.74) is -0.449. The number of carboxylic acids is 1. The molecule has 3 N–H and O–H groups in total. The molecular weight excluding hydrogens is 234 g/mol. The largest absolute Gasteiger partial charge is 0.507 e. The van der Waals surface area contributed by atoms with Crippen LogP contribution in [0.25, 0.3) is 0 Å². The van der Waals surface area contributed by atoms with Crippen LogP contribution in [0.15, 0.2) is 18.2 Å². The summed E-state index contributed by atoms with van der Waals surface area (Å²) in [7, 11) is 0.